The van der Waals surface area contributed by atoms with Crippen molar-refractivity contribution in [2.75, 3.05) is 4.90 Å². The average Bonchev–Trinajstić information content (AvgIpc) is 3.13. The van der Waals surface area contributed by atoms with E-state index in [1.807, 2.05) is 30.3 Å². The van der Waals surface area contributed by atoms with Crippen molar-refractivity contribution in [2.45, 2.75) is 31.3 Å². The number of hydrogen-bond donors (Lipinski definition) is 0. The molecule has 0 aliphatic heterocycles. The lowest BCUT2D eigenvalue weighted by Gasteiger charge is -2.22. The van der Waals surface area contributed by atoms with Crippen molar-refractivity contribution in [3.63, 3.8) is 0 Å². The molecule has 18 heavy (non-hydrogen) atoms. The quantitative estimate of drug-likeness (QED) is 0.772. The highest BCUT2D eigenvalue weighted by Crippen LogP contribution is 2.32. The first-order valence-corrected chi connectivity index (χ1v) is 6.71. The molecular formula is C14H15ClN2O. The van der Waals surface area contributed by atoms with Gasteiger partial charge in [-0.3, -0.25) is 0 Å². The molecule has 4 heteroatoms. The van der Waals surface area contributed by atoms with Crippen LogP contribution in [0, 0.1) is 0 Å². The summed E-state index contributed by atoms with van der Waals surface area (Å²) in [6.07, 6.45) is 4.17. The summed E-state index contributed by atoms with van der Waals surface area (Å²) in [5.74, 6) is 2.42. The molecule has 0 radical (unpaired) electrons. The maximum absolute atomic E-state index is 5.84. The second-order valence-corrected chi connectivity index (χ2v) is 4.83. The largest absolute Gasteiger partial charge is 0.467 e. The van der Waals surface area contributed by atoms with Crippen LogP contribution < -0.4 is 4.90 Å². The Morgan fingerprint density at radius 1 is 1.28 bits per heavy atom. The molecule has 0 atom stereocenters. The van der Waals surface area contributed by atoms with Gasteiger partial charge >= 0.3 is 0 Å². The highest BCUT2D eigenvalue weighted by molar-refractivity contribution is 6.16. The van der Waals surface area contributed by atoms with E-state index in [4.69, 9.17) is 16.0 Å². The van der Waals surface area contributed by atoms with Crippen LogP contribution in [0.25, 0.3) is 0 Å². The molecule has 94 valence electrons. The van der Waals surface area contributed by atoms with Crippen molar-refractivity contribution in [3.05, 3.63) is 48.0 Å². The monoisotopic (exact) mass is 262 g/mol. The number of anilines is 1. The normalized spacial score (nSPS) is 14.7. The van der Waals surface area contributed by atoms with Crippen molar-refractivity contribution in [1.29, 1.82) is 0 Å². The Hall–Kier alpha value is -1.48. The van der Waals surface area contributed by atoms with Gasteiger partial charge in [0.15, 0.2) is 0 Å². The van der Waals surface area contributed by atoms with Gasteiger partial charge < -0.3 is 9.32 Å². The Kier molecular flexibility index (Phi) is 3.24. The molecule has 0 amide bonds. The van der Waals surface area contributed by atoms with Crippen LogP contribution in [0.5, 0.6) is 0 Å². The number of alkyl halides is 1. The zero-order valence-electron chi connectivity index (χ0n) is 10.1. The van der Waals surface area contributed by atoms with Crippen LogP contribution in [-0.2, 0) is 12.4 Å². The third kappa shape index (κ3) is 2.51. The first-order valence-electron chi connectivity index (χ1n) is 6.18. The molecule has 0 spiro atoms. The zero-order chi connectivity index (χ0) is 12.4. The highest BCUT2D eigenvalue weighted by atomic mass is 35.5. The lowest BCUT2D eigenvalue weighted by Crippen LogP contribution is -2.25. The third-order valence-electron chi connectivity index (χ3n) is 3.12. The van der Waals surface area contributed by atoms with Gasteiger partial charge in [-0.2, -0.15) is 0 Å². The zero-order valence-corrected chi connectivity index (χ0v) is 10.8. The molecule has 0 bridgehead atoms. The van der Waals surface area contributed by atoms with Gasteiger partial charge in [-0.25, -0.2) is 4.98 Å². The van der Waals surface area contributed by atoms with Crippen molar-refractivity contribution < 1.29 is 4.42 Å². The average molecular weight is 263 g/mol. The molecule has 0 saturated heterocycles. The number of aromatic nitrogens is 1. The van der Waals surface area contributed by atoms with Gasteiger partial charge in [0.25, 0.3) is 0 Å². The number of furan rings is 1. The predicted octanol–water partition coefficient (Wildman–Crippen LogP) is 3.58. The van der Waals surface area contributed by atoms with Crippen LogP contribution in [0.15, 0.2) is 41.0 Å². The fourth-order valence-electron chi connectivity index (χ4n) is 2.06. The summed E-state index contributed by atoms with van der Waals surface area (Å²) in [6.45, 7) is 0.774. The molecule has 1 saturated carbocycles. The second-order valence-electron chi connectivity index (χ2n) is 4.56. The lowest BCUT2D eigenvalue weighted by atomic mass is 10.3. The summed E-state index contributed by atoms with van der Waals surface area (Å²) in [5.41, 5.74) is 0.916. The van der Waals surface area contributed by atoms with Gasteiger partial charge in [0.2, 0.25) is 0 Å². The molecule has 2 heterocycles. The highest BCUT2D eigenvalue weighted by Gasteiger charge is 2.30. The van der Waals surface area contributed by atoms with Crippen LogP contribution >= 0.6 is 11.6 Å². The Morgan fingerprint density at radius 2 is 2.17 bits per heavy atom. The van der Waals surface area contributed by atoms with Gasteiger partial charge in [-0.1, -0.05) is 6.07 Å². The van der Waals surface area contributed by atoms with Crippen molar-refractivity contribution in [2.24, 2.45) is 0 Å². The molecule has 0 N–H and O–H groups in total. The summed E-state index contributed by atoms with van der Waals surface area (Å²) in [4.78, 5) is 6.89. The summed E-state index contributed by atoms with van der Waals surface area (Å²) in [5, 5.41) is 0. The minimum absolute atomic E-state index is 0.451. The Morgan fingerprint density at radius 3 is 2.83 bits per heavy atom. The summed E-state index contributed by atoms with van der Waals surface area (Å²) in [7, 11) is 0. The minimum Gasteiger partial charge on any atom is -0.467 e. The van der Waals surface area contributed by atoms with E-state index in [2.05, 4.69) is 9.88 Å². The van der Waals surface area contributed by atoms with Crippen LogP contribution in [-0.4, -0.2) is 11.0 Å². The van der Waals surface area contributed by atoms with E-state index < -0.39 is 0 Å². The molecule has 3 rings (SSSR count). The van der Waals surface area contributed by atoms with Crippen LogP contribution in [0.2, 0.25) is 0 Å². The van der Waals surface area contributed by atoms with Gasteiger partial charge in [0.1, 0.15) is 11.6 Å². The molecular weight excluding hydrogens is 248 g/mol. The van der Waals surface area contributed by atoms with Crippen molar-refractivity contribution >= 4 is 17.4 Å². The maximum Gasteiger partial charge on any atom is 0.129 e. The van der Waals surface area contributed by atoms with E-state index in [0.29, 0.717) is 11.9 Å². The predicted molar refractivity (Wildman–Crippen MR) is 71.7 cm³/mol. The fraction of sp³-hybridized carbons (Fsp3) is 0.357. The topological polar surface area (TPSA) is 29.3 Å². The van der Waals surface area contributed by atoms with Gasteiger partial charge in [-0.15, -0.1) is 11.6 Å². The first kappa shape index (κ1) is 11.6. The Labute approximate surface area is 111 Å². The van der Waals surface area contributed by atoms with Crippen molar-refractivity contribution in [1.82, 2.24) is 4.98 Å². The molecule has 1 aliphatic rings. The molecule has 1 fully saturated rings. The Balaban J connectivity index is 1.84. The number of pyridine rings is 1. The molecule has 0 unspecified atom stereocenters. The minimum atomic E-state index is 0.451. The SMILES string of the molecule is ClCc1cccc(N(Cc2ccco2)C2CC2)n1. The van der Waals surface area contributed by atoms with Gasteiger partial charge in [-0.05, 0) is 37.1 Å². The van der Waals surface area contributed by atoms with Crippen LogP contribution in [0.4, 0.5) is 5.82 Å². The molecule has 0 aromatic carbocycles. The number of halogens is 1. The summed E-state index contributed by atoms with van der Waals surface area (Å²) < 4.78 is 5.42. The third-order valence-corrected chi connectivity index (χ3v) is 3.39. The fourth-order valence-corrected chi connectivity index (χ4v) is 2.20. The number of hydrogen-bond acceptors (Lipinski definition) is 3. The van der Waals surface area contributed by atoms with E-state index >= 15 is 0 Å². The van der Waals surface area contributed by atoms with Crippen molar-refractivity contribution in [3.8, 4) is 0 Å². The van der Waals surface area contributed by atoms with Crippen LogP contribution in [0.3, 0.4) is 0 Å². The smallest absolute Gasteiger partial charge is 0.129 e. The lowest BCUT2D eigenvalue weighted by molar-refractivity contribution is 0.500. The first-order chi connectivity index (χ1) is 8.86. The van der Waals surface area contributed by atoms with E-state index in [0.717, 1.165) is 23.8 Å². The number of rotatable bonds is 5. The van der Waals surface area contributed by atoms with Crippen LogP contribution in [0.1, 0.15) is 24.3 Å². The second kappa shape index (κ2) is 5.02. The van der Waals surface area contributed by atoms with E-state index in [1.165, 1.54) is 12.8 Å². The Bertz CT molecular complexity index is 508. The van der Waals surface area contributed by atoms with Gasteiger partial charge in [0.05, 0.1) is 24.4 Å². The van der Waals surface area contributed by atoms with E-state index in [-0.39, 0.29) is 0 Å². The molecule has 1 aliphatic carbocycles. The molecule has 2 aromatic heterocycles. The van der Waals surface area contributed by atoms with Gasteiger partial charge in [0, 0.05) is 6.04 Å². The molecule has 3 nitrogen and oxygen atoms in total. The maximum atomic E-state index is 5.84. The van der Waals surface area contributed by atoms with E-state index in [1.54, 1.807) is 6.26 Å². The number of nitrogens with zero attached hydrogens (tertiary/aromatic N) is 2. The van der Waals surface area contributed by atoms with E-state index in [9.17, 15) is 0 Å². The standard InChI is InChI=1S/C14H15ClN2O/c15-9-11-3-1-5-14(16-11)17(12-6-7-12)10-13-4-2-8-18-13/h1-5,8,12H,6-7,9-10H2. The molecule has 2 aromatic rings. The summed E-state index contributed by atoms with van der Waals surface area (Å²) in [6, 6.07) is 10.5. The summed E-state index contributed by atoms with van der Waals surface area (Å²) >= 11 is 5.84.